The second-order valence-electron chi connectivity index (χ2n) is 8.87. The lowest BCUT2D eigenvalue weighted by atomic mass is 10.0. The molecule has 0 bridgehead atoms. The molecule has 1 atom stereocenters. The van der Waals surface area contributed by atoms with E-state index in [0.29, 0.717) is 26.2 Å². The van der Waals surface area contributed by atoms with Gasteiger partial charge in [-0.1, -0.05) is 50.2 Å². The summed E-state index contributed by atoms with van der Waals surface area (Å²) in [5, 5.41) is 1.09. The van der Waals surface area contributed by atoms with Crippen LogP contribution in [0, 0.1) is 11.7 Å². The number of rotatable bonds is 7. The molecular weight excluding hydrogens is 455 g/mol. The number of sulfonamides is 1. The summed E-state index contributed by atoms with van der Waals surface area (Å²) in [6, 6.07) is 14.3. The van der Waals surface area contributed by atoms with Crippen LogP contribution in [0.1, 0.15) is 19.4 Å². The van der Waals surface area contributed by atoms with Crippen molar-refractivity contribution in [2.24, 2.45) is 5.92 Å². The van der Waals surface area contributed by atoms with Crippen LogP contribution in [0.4, 0.5) is 4.39 Å². The number of carbonyl (C=O) groups excluding carboxylic acids is 1. The summed E-state index contributed by atoms with van der Waals surface area (Å²) in [5.41, 5.74) is 2.11. The Morgan fingerprint density at radius 2 is 1.74 bits per heavy atom. The lowest BCUT2D eigenvalue weighted by Gasteiger charge is -2.37. The van der Waals surface area contributed by atoms with Crippen molar-refractivity contribution in [1.82, 2.24) is 19.5 Å². The van der Waals surface area contributed by atoms with E-state index < -0.39 is 26.8 Å². The first-order valence-electron chi connectivity index (χ1n) is 11.4. The molecule has 0 unspecified atom stereocenters. The molecule has 1 amide bonds. The molecule has 0 spiro atoms. The van der Waals surface area contributed by atoms with Gasteiger partial charge in [-0.15, -0.1) is 0 Å². The Morgan fingerprint density at radius 3 is 2.44 bits per heavy atom. The molecule has 7 nitrogen and oxygen atoms in total. The van der Waals surface area contributed by atoms with Crippen LogP contribution in [0.2, 0.25) is 0 Å². The lowest BCUT2D eigenvalue weighted by molar-refractivity contribution is -0.135. The van der Waals surface area contributed by atoms with Crippen LogP contribution in [-0.2, 0) is 21.4 Å². The molecule has 180 valence electrons. The number of pyridine rings is 1. The molecule has 1 fully saturated rings. The predicted octanol–water partition coefficient (Wildman–Crippen LogP) is 3.02. The third-order valence-electron chi connectivity index (χ3n) is 6.14. The minimum absolute atomic E-state index is 0.290. The summed E-state index contributed by atoms with van der Waals surface area (Å²) in [6.45, 7) is 6.58. The zero-order chi connectivity index (χ0) is 24.3. The third kappa shape index (κ3) is 5.27. The van der Waals surface area contributed by atoms with Gasteiger partial charge in [0, 0.05) is 44.3 Å². The summed E-state index contributed by atoms with van der Waals surface area (Å²) in [5.74, 6) is -1.43. The highest BCUT2D eigenvalue weighted by Crippen LogP contribution is 2.20. The van der Waals surface area contributed by atoms with Gasteiger partial charge >= 0.3 is 0 Å². The van der Waals surface area contributed by atoms with Gasteiger partial charge in [-0.25, -0.2) is 12.8 Å². The van der Waals surface area contributed by atoms with E-state index in [9.17, 15) is 17.6 Å². The highest BCUT2D eigenvalue weighted by molar-refractivity contribution is 7.89. The van der Waals surface area contributed by atoms with Gasteiger partial charge in [0.05, 0.1) is 5.52 Å². The second kappa shape index (κ2) is 10.2. The number of hydrogen-bond acceptors (Lipinski definition) is 5. The van der Waals surface area contributed by atoms with Crippen molar-refractivity contribution in [3.63, 3.8) is 0 Å². The highest BCUT2D eigenvalue weighted by Gasteiger charge is 2.34. The maximum atomic E-state index is 14.1. The first-order chi connectivity index (χ1) is 16.3. The van der Waals surface area contributed by atoms with E-state index in [1.807, 2.05) is 24.3 Å². The Bertz CT molecular complexity index is 1270. The van der Waals surface area contributed by atoms with Crippen molar-refractivity contribution < 1.29 is 17.6 Å². The molecule has 1 N–H and O–H groups in total. The number of amides is 1. The van der Waals surface area contributed by atoms with Crippen LogP contribution >= 0.6 is 0 Å². The fourth-order valence-electron chi connectivity index (χ4n) is 4.22. The second-order valence-corrected chi connectivity index (χ2v) is 10.5. The number of benzene rings is 2. The fourth-order valence-corrected chi connectivity index (χ4v) is 5.64. The average molecular weight is 485 g/mol. The molecule has 2 heterocycles. The molecule has 34 heavy (non-hydrogen) atoms. The van der Waals surface area contributed by atoms with Crippen molar-refractivity contribution in [3.05, 3.63) is 72.2 Å². The van der Waals surface area contributed by atoms with Crippen molar-refractivity contribution >= 4 is 26.8 Å². The van der Waals surface area contributed by atoms with E-state index in [1.54, 1.807) is 24.9 Å². The van der Waals surface area contributed by atoms with E-state index in [0.717, 1.165) is 29.1 Å². The van der Waals surface area contributed by atoms with E-state index >= 15 is 0 Å². The lowest BCUT2D eigenvalue weighted by Crippen LogP contribution is -2.56. The monoisotopic (exact) mass is 484 g/mol. The van der Waals surface area contributed by atoms with Crippen LogP contribution in [0.3, 0.4) is 0 Å². The van der Waals surface area contributed by atoms with Gasteiger partial charge in [0.1, 0.15) is 16.8 Å². The van der Waals surface area contributed by atoms with Gasteiger partial charge < -0.3 is 4.90 Å². The number of nitrogens with zero attached hydrogens (tertiary/aromatic N) is 3. The van der Waals surface area contributed by atoms with E-state index in [-0.39, 0.29) is 11.8 Å². The fraction of sp³-hybridized carbons (Fsp3) is 0.360. The van der Waals surface area contributed by atoms with Crippen LogP contribution in [0.25, 0.3) is 10.9 Å². The number of halogens is 1. The van der Waals surface area contributed by atoms with E-state index in [1.165, 1.54) is 18.2 Å². The van der Waals surface area contributed by atoms with E-state index in [2.05, 4.69) is 20.7 Å². The molecule has 9 heteroatoms. The SMILES string of the molecule is CC(C)[C@H](NS(=O)(=O)c1ccccc1F)C(=O)N1CCN(Cc2cccc3cccnc23)CC1. The average Bonchev–Trinajstić information content (AvgIpc) is 2.83. The molecule has 0 saturated carbocycles. The quantitative estimate of drug-likeness (QED) is 0.558. The first kappa shape index (κ1) is 24.3. The first-order valence-corrected chi connectivity index (χ1v) is 12.9. The van der Waals surface area contributed by atoms with Gasteiger partial charge in [0.2, 0.25) is 15.9 Å². The minimum Gasteiger partial charge on any atom is -0.339 e. The molecular formula is C25H29FN4O3S. The third-order valence-corrected chi connectivity index (χ3v) is 7.61. The van der Waals surface area contributed by atoms with Crippen molar-refractivity contribution in [2.45, 2.75) is 31.3 Å². The Balaban J connectivity index is 1.41. The minimum atomic E-state index is -4.18. The molecule has 1 aromatic heterocycles. The van der Waals surface area contributed by atoms with Gasteiger partial charge in [-0.2, -0.15) is 4.72 Å². The number of carbonyl (C=O) groups is 1. The molecule has 0 radical (unpaired) electrons. The van der Waals surface area contributed by atoms with Crippen molar-refractivity contribution in [3.8, 4) is 0 Å². The van der Waals surface area contributed by atoms with Crippen LogP contribution in [0.5, 0.6) is 0 Å². The Kier molecular flexibility index (Phi) is 7.25. The number of aromatic nitrogens is 1. The van der Waals surface area contributed by atoms with Gasteiger partial charge in [0.25, 0.3) is 0 Å². The zero-order valence-corrected chi connectivity index (χ0v) is 20.1. The summed E-state index contributed by atoms with van der Waals surface area (Å²) in [6.07, 6.45) is 1.79. The Hall–Kier alpha value is -2.88. The van der Waals surface area contributed by atoms with Crippen molar-refractivity contribution in [2.75, 3.05) is 26.2 Å². The number of nitrogens with one attached hydrogen (secondary N) is 1. The molecule has 1 aliphatic heterocycles. The largest absolute Gasteiger partial charge is 0.339 e. The van der Waals surface area contributed by atoms with Gasteiger partial charge in [-0.3, -0.25) is 14.7 Å². The molecule has 2 aromatic carbocycles. The summed E-state index contributed by atoms with van der Waals surface area (Å²) in [7, 11) is -4.18. The Morgan fingerprint density at radius 1 is 1.03 bits per heavy atom. The molecule has 4 rings (SSSR count). The normalized spacial score (nSPS) is 16.2. The van der Waals surface area contributed by atoms with E-state index in [4.69, 9.17) is 0 Å². The summed E-state index contributed by atoms with van der Waals surface area (Å²) < 4.78 is 42.1. The number of para-hydroxylation sites is 1. The molecule has 1 saturated heterocycles. The molecule has 1 aliphatic rings. The smallest absolute Gasteiger partial charge is 0.244 e. The number of piperazine rings is 1. The maximum Gasteiger partial charge on any atom is 0.244 e. The topological polar surface area (TPSA) is 82.6 Å². The van der Waals surface area contributed by atoms with Gasteiger partial charge in [-0.05, 0) is 29.7 Å². The van der Waals surface area contributed by atoms with Gasteiger partial charge in [0.15, 0.2) is 0 Å². The molecule has 0 aliphatic carbocycles. The van der Waals surface area contributed by atoms with Crippen molar-refractivity contribution in [1.29, 1.82) is 0 Å². The maximum absolute atomic E-state index is 14.1. The zero-order valence-electron chi connectivity index (χ0n) is 19.3. The molecule has 3 aromatic rings. The standard InChI is InChI=1S/C25H29FN4O3S/c1-18(2)23(28-34(32,33)22-11-4-3-10-21(22)26)25(31)30-15-13-29(14-16-30)17-20-8-5-7-19-9-6-12-27-24(19)20/h3-12,18,23,28H,13-17H2,1-2H3/t23-/m0/s1. The van der Waals surface area contributed by atoms with Crippen LogP contribution in [-0.4, -0.2) is 61.3 Å². The number of fused-ring (bicyclic) bond motifs is 1. The highest BCUT2D eigenvalue weighted by atomic mass is 32.2. The Labute approximate surface area is 199 Å². The summed E-state index contributed by atoms with van der Waals surface area (Å²) >= 11 is 0. The number of hydrogen-bond donors (Lipinski definition) is 1. The summed E-state index contributed by atoms with van der Waals surface area (Å²) in [4.78, 5) is 21.3. The van der Waals surface area contributed by atoms with Crippen LogP contribution < -0.4 is 4.72 Å². The predicted molar refractivity (Wildman–Crippen MR) is 129 cm³/mol. The van der Waals surface area contributed by atoms with Crippen LogP contribution in [0.15, 0.2) is 65.7 Å².